The highest BCUT2D eigenvalue weighted by Crippen LogP contribution is 2.18. The van der Waals surface area contributed by atoms with Crippen LogP contribution in [0.4, 0.5) is 0 Å². The van der Waals surface area contributed by atoms with Crippen molar-refractivity contribution in [1.29, 1.82) is 0 Å². The Labute approximate surface area is 210 Å². The van der Waals surface area contributed by atoms with Crippen molar-refractivity contribution in [2.45, 2.75) is 52.4 Å². The molecule has 2 aromatic heterocycles. The van der Waals surface area contributed by atoms with Gasteiger partial charge >= 0.3 is 11.9 Å². The van der Waals surface area contributed by atoms with E-state index in [-0.39, 0.29) is 0 Å². The van der Waals surface area contributed by atoms with Gasteiger partial charge < -0.3 is 29.1 Å². The van der Waals surface area contributed by atoms with Gasteiger partial charge in [-0.2, -0.15) is 9.97 Å². The number of rotatable bonds is 6. The quantitative estimate of drug-likeness (QED) is 0.555. The second kappa shape index (κ2) is 14.9. The lowest BCUT2D eigenvalue weighted by Crippen LogP contribution is -2.25. The Morgan fingerprint density at radius 1 is 0.806 bits per heavy atom. The van der Waals surface area contributed by atoms with E-state index in [4.69, 9.17) is 28.8 Å². The van der Waals surface area contributed by atoms with E-state index in [9.17, 15) is 0 Å². The number of aryl methyl sites for hydroxylation is 2. The van der Waals surface area contributed by atoms with Gasteiger partial charge in [-0.1, -0.05) is 36.3 Å². The highest BCUT2D eigenvalue weighted by Gasteiger charge is 2.16. The smallest absolute Gasteiger partial charge is 0.414 e. The van der Waals surface area contributed by atoms with Crippen LogP contribution in [0, 0.1) is 0 Å². The van der Waals surface area contributed by atoms with Crippen LogP contribution < -0.4 is 0 Å². The van der Waals surface area contributed by atoms with E-state index < -0.39 is 11.9 Å². The van der Waals surface area contributed by atoms with Gasteiger partial charge in [0.2, 0.25) is 11.8 Å². The fourth-order valence-electron chi connectivity index (χ4n) is 3.51. The molecule has 0 radical (unpaired) electrons. The molecule has 0 atom stereocenters. The average Bonchev–Trinajstić information content (AvgIpc) is 3.51. The van der Waals surface area contributed by atoms with Crippen molar-refractivity contribution in [2.24, 2.45) is 0 Å². The number of hydrogen-bond donors (Lipinski definition) is 2. The van der Waals surface area contributed by atoms with E-state index in [1.165, 1.54) is 11.1 Å². The number of hydrogen-bond acceptors (Lipinski definition) is 10. The van der Waals surface area contributed by atoms with E-state index in [0.717, 1.165) is 88.1 Å². The molecule has 198 valence electrons. The van der Waals surface area contributed by atoms with Crippen LogP contribution in [0.5, 0.6) is 0 Å². The molecule has 0 fully saturated rings. The average molecular weight is 505 g/mol. The predicted octanol–water partition coefficient (Wildman–Crippen LogP) is 2.64. The fourth-order valence-corrected chi connectivity index (χ4v) is 3.51. The van der Waals surface area contributed by atoms with Gasteiger partial charge in [-0.3, -0.25) is 0 Å². The molecule has 2 aromatic rings. The molecule has 12 nitrogen and oxygen atoms in total. The third-order valence-corrected chi connectivity index (χ3v) is 5.30. The first-order chi connectivity index (χ1) is 17.2. The fraction of sp³-hybridized carbons (Fsp3) is 0.583. The number of carboxylic acid groups (broad SMARTS) is 2. The van der Waals surface area contributed by atoms with Crippen LogP contribution in [0.25, 0.3) is 11.1 Å². The maximum Gasteiger partial charge on any atom is 0.414 e. The van der Waals surface area contributed by atoms with Crippen molar-refractivity contribution in [3.8, 4) is 0 Å². The third kappa shape index (κ3) is 9.70. The van der Waals surface area contributed by atoms with Gasteiger partial charge in [0.15, 0.2) is 11.6 Å². The van der Waals surface area contributed by atoms with Crippen molar-refractivity contribution in [2.75, 3.05) is 40.3 Å². The summed E-state index contributed by atoms with van der Waals surface area (Å²) in [5.41, 5.74) is 2.38. The third-order valence-electron chi connectivity index (χ3n) is 5.30. The number of carboxylic acids is 2. The molecule has 0 spiro atoms. The molecule has 36 heavy (non-hydrogen) atoms. The van der Waals surface area contributed by atoms with E-state index in [2.05, 4.69) is 70.2 Å². The first-order valence-electron chi connectivity index (χ1n) is 12.1. The molecular weight excluding hydrogens is 468 g/mol. The molecule has 12 heteroatoms. The van der Waals surface area contributed by atoms with Crippen LogP contribution in [0.15, 0.2) is 21.2 Å². The minimum Gasteiger partial charge on any atom is -0.473 e. The molecule has 2 aliphatic rings. The molecular formula is C24H36N6O6. The van der Waals surface area contributed by atoms with E-state index in [1.54, 1.807) is 0 Å². The second-order valence-corrected chi connectivity index (χ2v) is 8.65. The lowest BCUT2D eigenvalue weighted by atomic mass is 10.1. The first-order valence-corrected chi connectivity index (χ1v) is 12.1. The van der Waals surface area contributed by atoms with Crippen LogP contribution in [0.2, 0.25) is 0 Å². The van der Waals surface area contributed by atoms with Gasteiger partial charge in [0.25, 0.3) is 0 Å². The Kier molecular flexibility index (Phi) is 11.9. The zero-order chi connectivity index (χ0) is 26.5. The molecule has 0 amide bonds. The minimum atomic E-state index is -1.82. The van der Waals surface area contributed by atoms with Crippen molar-refractivity contribution < 1.29 is 28.8 Å². The molecule has 0 saturated heterocycles. The summed E-state index contributed by atoms with van der Waals surface area (Å²) in [5, 5.41) is 22.8. The van der Waals surface area contributed by atoms with Crippen LogP contribution in [0.1, 0.15) is 63.0 Å². The SMILES string of the molecule is CCCc1nc(C2=CCCN(C)C2)no1.CCCc1nc(C2=CCCN(C)C2)no1.O=C(O)C(=O)O. The van der Waals surface area contributed by atoms with Gasteiger partial charge in [-0.25, -0.2) is 9.59 Å². The van der Waals surface area contributed by atoms with Crippen LogP contribution in [0.3, 0.4) is 0 Å². The van der Waals surface area contributed by atoms with Crippen molar-refractivity contribution in [1.82, 2.24) is 30.1 Å². The lowest BCUT2D eigenvalue weighted by molar-refractivity contribution is -0.159. The highest BCUT2D eigenvalue weighted by molar-refractivity contribution is 6.27. The summed E-state index contributed by atoms with van der Waals surface area (Å²) in [5.74, 6) is -0.608. The summed E-state index contributed by atoms with van der Waals surface area (Å²) in [6.07, 6.45) is 10.4. The summed E-state index contributed by atoms with van der Waals surface area (Å²) >= 11 is 0. The maximum absolute atomic E-state index is 9.10. The van der Waals surface area contributed by atoms with Gasteiger partial charge in [-0.05, 0) is 39.8 Å². The van der Waals surface area contributed by atoms with Gasteiger partial charge in [-0.15, -0.1) is 0 Å². The van der Waals surface area contributed by atoms with E-state index >= 15 is 0 Å². The second-order valence-electron chi connectivity index (χ2n) is 8.65. The van der Waals surface area contributed by atoms with Crippen LogP contribution >= 0.6 is 0 Å². The summed E-state index contributed by atoms with van der Waals surface area (Å²) in [6, 6.07) is 0. The Morgan fingerprint density at radius 2 is 1.19 bits per heavy atom. The molecule has 2 N–H and O–H groups in total. The van der Waals surface area contributed by atoms with E-state index in [0.29, 0.717) is 0 Å². The van der Waals surface area contributed by atoms with E-state index in [1.807, 2.05) is 0 Å². The van der Waals surface area contributed by atoms with Crippen LogP contribution in [-0.4, -0.2) is 92.5 Å². The normalized spacial score (nSPS) is 16.1. The van der Waals surface area contributed by atoms with Gasteiger partial charge in [0.05, 0.1) is 0 Å². The summed E-state index contributed by atoms with van der Waals surface area (Å²) in [4.78, 5) is 31.5. The number of likely N-dealkylation sites (N-methyl/N-ethyl adjacent to an activating group) is 2. The lowest BCUT2D eigenvalue weighted by Gasteiger charge is -2.20. The Hall–Kier alpha value is -3.38. The van der Waals surface area contributed by atoms with Gasteiger partial charge in [0, 0.05) is 50.2 Å². The maximum atomic E-state index is 9.10. The monoisotopic (exact) mass is 504 g/mol. The highest BCUT2D eigenvalue weighted by atomic mass is 16.5. The molecule has 4 heterocycles. The van der Waals surface area contributed by atoms with Gasteiger partial charge in [0.1, 0.15) is 0 Å². The molecule has 2 aliphatic heterocycles. The largest absolute Gasteiger partial charge is 0.473 e. The molecule has 4 rings (SSSR count). The number of carbonyl (C=O) groups is 2. The van der Waals surface area contributed by atoms with Crippen molar-refractivity contribution in [3.63, 3.8) is 0 Å². The Morgan fingerprint density at radius 3 is 1.50 bits per heavy atom. The zero-order valence-corrected chi connectivity index (χ0v) is 21.4. The molecule has 0 aromatic carbocycles. The predicted molar refractivity (Wildman–Crippen MR) is 132 cm³/mol. The number of nitrogens with zero attached hydrogens (tertiary/aromatic N) is 6. The number of aliphatic carboxylic acids is 2. The molecule has 0 unspecified atom stereocenters. The Balaban J connectivity index is 0.000000208. The van der Waals surface area contributed by atoms with Crippen LogP contribution in [-0.2, 0) is 22.4 Å². The molecule has 0 aliphatic carbocycles. The topological polar surface area (TPSA) is 159 Å². The van der Waals surface area contributed by atoms with Crippen molar-refractivity contribution in [3.05, 3.63) is 35.6 Å². The number of aromatic nitrogens is 4. The zero-order valence-electron chi connectivity index (χ0n) is 21.4. The summed E-state index contributed by atoms with van der Waals surface area (Å²) < 4.78 is 10.3. The summed E-state index contributed by atoms with van der Waals surface area (Å²) in [6.45, 7) is 8.29. The standard InChI is InChI=1S/2C11H17N3O.C2H2O4/c2*1-3-5-10-12-11(13-15-10)9-6-4-7-14(2)8-9;3-1(4)2(5)6/h2*6H,3-5,7-8H2,1-2H3;(H,3,4)(H,5,6). The van der Waals surface area contributed by atoms with Crippen molar-refractivity contribution >= 4 is 23.1 Å². The summed E-state index contributed by atoms with van der Waals surface area (Å²) in [7, 11) is 4.22. The minimum absolute atomic E-state index is 0.752. The first kappa shape index (κ1) is 28.9. The molecule has 0 saturated carbocycles. The Bertz CT molecular complexity index is 961. The molecule has 0 bridgehead atoms.